The van der Waals surface area contributed by atoms with Crippen LogP contribution in [0.5, 0.6) is 0 Å². The van der Waals surface area contributed by atoms with E-state index in [1.165, 1.54) is 23.5 Å². The number of amides is 1. The fourth-order valence-electron chi connectivity index (χ4n) is 3.10. The molecule has 0 atom stereocenters. The van der Waals surface area contributed by atoms with Crippen LogP contribution in [0.3, 0.4) is 0 Å². The van der Waals surface area contributed by atoms with E-state index in [-0.39, 0.29) is 17.1 Å². The summed E-state index contributed by atoms with van der Waals surface area (Å²) in [7, 11) is -3.67. The molecule has 4 rings (SSSR count). The number of carbonyl (C=O) groups excluding carboxylic acids is 1. The number of thiazole rings is 1. The van der Waals surface area contributed by atoms with Crippen LogP contribution in [-0.2, 0) is 14.6 Å². The molecule has 8 heteroatoms. The van der Waals surface area contributed by atoms with E-state index < -0.39 is 21.6 Å². The molecule has 0 aliphatic rings. The fraction of sp³-hybridized carbons (Fsp3) is 0.0833. The highest BCUT2D eigenvalue weighted by atomic mass is 32.2. The second-order valence-electron chi connectivity index (χ2n) is 7.05. The highest BCUT2D eigenvalue weighted by Crippen LogP contribution is 2.27. The number of rotatable bonds is 7. The van der Waals surface area contributed by atoms with Crippen LogP contribution in [0, 0.1) is 5.82 Å². The number of aromatic nitrogens is 1. The lowest BCUT2D eigenvalue weighted by atomic mass is 10.0. The van der Waals surface area contributed by atoms with Crippen LogP contribution >= 0.6 is 11.3 Å². The Balaban J connectivity index is 1.36. The summed E-state index contributed by atoms with van der Waals surface area (Å²) in [6, 6.07) is 22.6. The number of nitrogens with one attached hydrogen (secondary N) is 1. The average molecular weight is 467 g/mol. The van der Waals surface area contributed by atoms with E-state index in [2.05, 4.69) is 10.3 Å². The zero-order valence-corrected chi connectivity index (χ0v) is 18.5. The zero-order chi connectivity index (χ0) is 22.6. The van der Waals surface area contributed by atoms with Gasteiger partial charge in [0.25, 0.3) is 0 Å². The van der Waals surface area contributed by atoms with E-state index >= 15 is 0 Å². The van der Waals surface area contributed by atoms with Gasteiger partial charge in [-0.25, -0.2) is 17.8 Å². The molecule has 1 heterocycles. The largest absolute Gasteiger partial charge is 0.302 e. The molecule has 0 fully saturated rings. The van der Waals surface area contributed by atoms with Crippen molar-refractivity contribution >= 4 is 32.2 Å². The summed E-state index contributed by atoms with van der Waals surface area (Å²) in [5, 5.41) is 4.88. The van der Waals surface area contributed by atoms with Crippen molar-refractivity contribution in [3.63, 3.8) is 0 Å². The topological polar surface area (TPSA) is 76.1 Å². The molecule has 32 heavy (non-hydrogen) atoms. The zero-order valence-electron chi connectivity index (χ0n) is 16.9. The first kappa shape index (κ1) is 21.9. The van der Waals surface area contributed by atoms with Crippen LogP contribution in [0.4, 0.5) is 9.52 Å². The Morgan fingerprint density at radius 1 is 0.875 bits per heavy atom. The van der Waals surface area contributed by atoms with E-state index in [4.69, 9.17) is 0 Å². The fourth-order valence-corrected chi connectivity index (χ4v) is 5.07. The standard InChI is InChI=1S/C24H19FN2O3S2/c25-20-10-12-21(13-11-20)32(29,30)15-14-23(28)27-24-26-22(16-31-24)19-8-6-18(7-9-19)17-4-2-1-3-5-17/h1-13,16H,14-15H2,(H,26,27,28). The van der Waals surface area contributed by atoms with Gasteiger partial charge in [0.2, 0.25) is 5.91 Å². The van der Waals surface area contributed by atoms with Gasteiger partial charge in [0, 0.05) is 17.4 Å². The van der Waals surface area contributed by atoms with Gasteiger partial charge in [-0.3, -0.25) is 4.79 Å². The molecule has 0 saturated carbocycles. The molecule has 1 N–H and O–H groups in total. The van der Waals surface area contributed by atoms with E-state index in [1.807, 2.05) is 60.0 Å². The summed E-state index contributed by atoms with van der Waals surface area (Å²) < 4.78 is 37.6. The summed E-state index contributed by atoms with van der Waals surface area (Å²) in [5.41, 5.74) is 3.87. The van der Waals surface area contributed by atoms with Crippen LogP contribution in [0.2, 0.25) is 0 Å². The SMILES string of the molecule is O=C(CCS(=O)(=O)c1ccc(F)cc1)Nc1nc(-c2ccc(-c3ccccc3)cc2)cs1. The second-order valence-corrected chi connectivity index (χ2v) is 10.0. The van der Waals surface area contributed by atoms with Crippen LogP contribution < -0.4 is 5.32 Å². The minimum Gasteiger partial charge on any atom is -0.302 e. The van der Waals surface area contributed by atoms with Crippen molar-refractivity contribution in [1.82, 2.24) is 4.98 Å². The second kappa shape index (κ2) is 9.42. The summed E-state index contributed by atoms with van der Waals surface area (Å²) in [5.74, 6) is -1.34. The first-order chi connectivity index (χ1) is 15.4. The van der Waals surface area contributed by atoms with Crippen LogP contribution in [0.15, 0.2) is 89.1 Å². The molecule has 4 aromatic rings. The lowest BCUT2D eigenvalue weighted by molar-refractivity contribution is -0.115. The third-order valence-electron chi connectivity index (χ3n) is 4.81. The average Bonchev–Trinajstić information content (AvgIpc) is 3.27. The molecule has 1 aromatic heterocycles. The molecular formula is C24H19FN2O3S2. The number of benzene rings is 3. The van der Waals surface area contributed by atoms with Gasteiger partial charge >= 0.3 is 0 Å². The molecule has 0 aliphatic heterocycles. The van der Waals surface area contributed by atoms with Gasteiger partial charge in [-0.05, 0) is 35.4 Å². The minimum absolute atomic E-state index is 0.0119. The summed E-state index contributed by atoms with van der Waals surface area (Å²) in [4.78, 5) is 16.6. The molecule has 0 unspecified atom stereocenters. The lowest BCUT2D eigenvalue weighted by Crippen LogP contribution is -2.17. The first-order valence-electron chi connectivity index (χ1n) is 9.80. The third-order valence-corrected chi connectivity index (χ3v) is 7.30. The molecule has 5 nitrogen and oxygen atoms in total. The molecule has 0 saturated heterocycles. The van der Waals surface area contributed by atoms with Crippen molar-refractivity contribution in [3.05, 3.63) is 90.1 Å². The monoisotopic (exact) mass is 466 g/mol. The van der Waals surface area contributed by atoms with Crippen molar-refractivity contribution in [3.8, 4) is 22.4 Å². The normalized spacial score (nSPS) is 11.3. The smallest absolute Gasteiger partial charge is 0.227 e. The third kappa shape index (κ3) is 5.27. The predicted molar refractivity (Wildman–Crippen MR) is 125 cm³/mol. The highest BCUT2D eigenvalue weighted by molar-refractivity contribution is 7.91. The van der Waals surface area contributed by atoms with Gasteiger partial charge in [0.15, 0.2) is 15.0 Å². The Morgan fingerprint density at radius 3 is 2.19 bits per heavy atom. The van der Waals surface area contributed by atoms with Gasteiger partial charge in [0.05, 0.1) is 16.3 Å². The van der Waals surface area contributed by atoms with Crippen molar-refractivity contribution in [2.24, 2.45) is 0 Å². The van der Waals surface area contributed by atoms with Gasteiger partial charge in [0.1, 0.15) is 5.82 Å². The van der Waals surface area contributed by atoms with E-state index in [0.717, 1.165) is 34.5 Å². The number of hydrogen-bond donors (Lipinski definition) is 1. The minimum atomic E-state index is -3.67. The number of hydrogen-bond acceptors (Lipinski definition) is 5. The predicted octanol–water partition coefficient (Wildman–Crippen LogP) is 5.42. The first-order valence-corrected chi connectivity index (χ1v) is 12.3. The Labute approximate surface area is 189 Å². The van der Waals surface area contributed by atoms with Crippen molar-refractivity contribution in [1.29, 1.82) is 0 Å². The molecule has 1 amide bonds. The molecule has 0 bridgehead atoms. The molecule has 3 aromatic carbocycles. The summed E-state index contributed by atoms with van der Waals surface area (Å²) >= 11 is 1.27. The maximum absolute atomic E-state index is 13.0. The van der Waals surface area contributed by atoms with E-state index in [9.17, 15) is 17.6 Å². The maximum Gasteiger partial charge on any atom is 0.227 e. The number of anilines is 1. The molecule has 162 valence electrons. The quantitative estimate of drug-likeness (QED) is 0.369. The van der Waals surface area contributed by atoms with Crippen LogP contribution in [0.25, 0.3) is 22.4 Å². The van der Waals surface area contributed by atoms with Gasteiger partial charge in [-0.1, -0.05) is 54.6 Å². The van der Waals surface area contributed by atoms with Crippen molar-refractivity contribution in [2.75, 3.05) is 11.1 Å². The molecule has 0 radical (unpaired) electrons. The van der Waals surface area contributed by atoms with Gasteiger partial charge in [-0.2, -0.15) is 0 Å². The molecular weight excluding hydrogens is 447 g/mol. The number of halogens is 1. The summed E-state index contributed by atoms with van der Waals surface area (Å²) in [6.45, 7) is 0. The number of carbonyl (C=O) groups is 1. The molecule has 0 aliphatic carbocycles. The van der Waals surface area contributed by atoms with Gasteiger partial charge in [-0.15, -0.1) is 11.3 Å². The van der Waals surface area contributed by atoms with Crippen LogP contribution in [0.1, 0.15) is 6.42 Å². The van der Waals surface area contributed by atoms with Crippen molar-refractivity contribution in [2.45, 2.75) is 11.3 Å². The Bertz CT molecular complexity index is 1320. The number of nitrogens with zero attached hydrogens (tertiary/aromatic N) is 1. The number of sulfone groups is 1. The van der Waals surface area contributed by atoms with Crippen molar-refractivity contribution < 1.29 is 17.6 Å². The van der Waals surface area contributed by atoms with E-state index in [1.54, 1.807) is 0 Å². The Kier molecular flexibility index (Phi) is 6.43. The Hall–Kier alpha value is -3.36. The maximum atomic E-state index is 13.0. The lowest BCUT2D eigenvalue weighted by Gasteiger charge is -2.05. The highest BCUT2D eigenvalue weighted by Gasteiger charge is 2.17. The van der Waals surface area contributed by atoms with E-state index in [0.29, 0.717) is 5.13 Å². The summed E-state index contributed by atoms with van der Waals surface area (Å²) in [6.07, 6.45) is -0.222. The van der Waals surface area contributed by atoms with Crippen LogP contribution in [-0.4, -0.2) is 25.1 Å². The Morgan fingerprint density at radius 2 is 1.50 bits per heavy atom. The molecule has 0 spiro atoms. The van der Waals surface area contributed by atoms with Gasteiger partial charge < -0.3 is 5.32 Å².